The van der Waals surface area contributed by atoms with E-state index in [2.05, 4.69) is 31.0 Å². The molecule has 0 aliphatic carbocycles. The number of anilines is 1. The Balaban J connectivity index is 1.97. The molecular formula is C13H12BrN3O5S2. The average molecular weight is 434 g/mol. The lowest BCUT2D eigenvalue weighted by Gasteiger charge is -2.06. The lowest BCUT2D eigenvalue weighted by Crippen LogP contribution is -2.21. The molecule has 0 radical (unpaired) electrons. The second-order valence-electron chi connectivity index (χ2n) is 4.33. The number of amides is 1. The summed E-state index contributed by atoms with van der Waals surface area (Å²) in [6.07, 6.45) is 1.53. The number of rotatable bonds is 6. The van der Waals surface area contributed by atoms with Crippen molar-refractivity contribution in [3.8, 4) is 0 Å². The van der Waals surface area contributed by atoms with Crippen molar-refractivity contribution in [3.63, 3.8) is 0 Å². The van der Waals surface area contributed by atoms with Crippen LogP contribution in [0, 0.1) is 0 Å². The lowest BCUT2D eigenvalue weighted by molar-refractivity contribution is -0.119. The van der Waals surface area contributed by atoms with E-state index in [1.165, 1.54) is 48.8 Å². The molecule has 1 aromatic heterocycles. The summed E-state index contributed by atoms with van der Waals surface area (Å²) in [6.45, 7) is -0.515. The SMILES string of the molecule is CNS(=O)(=O)c1cccc(C(=O)OCC(=O)Nc2ncc(Br)s2)c1. The zero-order valence-electron chi connectivity index (χ0n) is 12.3. The maximum Gasteiger partial charge on any atom is 0.338 e. The van der Waals surface area contributed by atoms with E-state index >= 15 is 0 Å². The van der Waals surface area contributed by atoms with Crippen LogP contribution in [0.1, 0.15) is 10.4 Å². The topological polar surface area (TPSA) is 114 Å². The minimum Gasteiger partial charge on any atom is -0.452 e. The second kappa shape index (κ2) is 7.83. The number of benzene rings is 1. The highest BCUT2D eigenvalue weighted by molar-refractivity contribution is 9.11. The van der Waals surface area contributed by atoms with Crippen molar-refractivity contribution >= 4 is 54.3 Å². The Morgan fingerprint density at radius 2 is 2.12 bits per heavy atom. The molecule has 0 bridgehead atoms. The molecule has 0 unspecified atom stereocenters. The molecule has 11 heteroatoms. The Kier molecular flexibility index (Phi) is 6.04. The molecule has 2 rings (SSSR count). The zero-order chi connectivity index (χ0) is 17.7. The van der Waals surface area contributed by atoms with Gasteiger partial charge < -0.3 is 4.74 Å². The second-order valence-corrected chi connectivity index (χ2v) is 8.63. The molecule has 2 aromatic rings. The van der Waals surface area contributed by atoms with Crippen LogP contribution in [0.25, 0.3) is 0 Å². The van der Waals surface area contributed by atoms with Crippen LogP contribution < -0.4 is 10.0 Å². The van der Waals surface area contributed by atoms with Crippen molar-refractivity contribution in [1.82, 2.24) is 9.71 Å². The fraction of sp³-hybridized carbons (Fsp3) is 0.154. The minimum absolute atomic E-state index is 0.0242. The van der Waals surface area contributed by atoms with Gasteiger partial charge in [-0.2, -0.15) is 0 Å². The first-order valence-electron chi connectivity index (χ1n) is 6.44. The van der Waals surface area contributed by atoms with E-state index in [4.69, 9.17) is 4.74 Å². The van der Waals surface area contributed by atoms with Crippen LogP contribution in [0.5, 0.6) is 0 Å². The summed E-state index contributed by atoms with van der Waals surface area (Å²) in [5, 5.41) is 2.84. The molecule has 0 saturated carbocycles. The number of hydrogen-bond donors (Lipinski definition) is 2. The summed E-state index contributed by atoms with van der Waals surface area (Å²) in [6, 6.07) is 5.32. The number of aromatic nitrogens is 1. The standard InChI is InChI=1S/C13H12BrN3O5S2/c1-15-24(20,21)9-4-2-3-8(5-9)12(19)22-7-11(18)17-13-16-6-10(14)23-13/h2-6,15H,7H2,1H3,(H,16,17,18). The number of nitrogens with one attached hydrogen (secondary N) is 2. The monoisotopic (exact) mass is 433 g/mol. The van der Waals surface area contributed by atoms with E-state index < -0.39 is 28.5 Å². The first-order chi connectivity index (χ1) is 11.3. The third kappa shape index (κ3) is 4.84. The van der Waals surface area contributed by atoms with Crippen LogP contribution in [-0.4, -0.2) is 38.9 Å². The molecule has 0 atom stereocenters. The van der Waals surface area contributed by atoms with Crippen molar-refractivity contribution in [2.45, 2.75) is 4.90 Å². The van der Waals surface area contributed by atoms with Crippen LogP contribution >= 0.6 is 27.3 Å². The first-order valence-corrected chi connectivity index (χ1v) is 9.53. The molecule has 0 aliphatic heterocycles. The van der Waals surface area contributed by atoms with E-state index in [0.717, 1.165) is 3.79 Å². The molecule has 24 heavy (non-hydrogen) atoms. The number of ether oxygens (including phenoxy) is 1. The van der Waals surface area contributed by atoms with Gasteiger partial charge in [0.2, 0.25) is 10.0 Å². The predicted molar refractivity (Wildman–Crippen MR) is 91.4 cm³/mol. The first kappa shape index (κ1) is 18.5. The number of hydrogen-bond acceptors (Lipinski definition) is 7. The van der Waals surface area contributed by atoms with E-state index in [0.29, 0.717) is 5.13 Å². The molecular weight excluding hydrogens is 422 g/mol. The summed E-state index contributed by atoms with van der Waals surface area (Å²) >= 11 is 4.42. The summed E-state index contributed by atoms with van der Waals surface area (Å²) in [5.74, 6) is -1.36. The maximum absolute atomic E-state index is 11.9. The van der Waals surface area contributed by atoms with Gasteiger partial charge in [0.25, 0.3) is 5.91 Å². The predicted octanol–water partition coefficient (Wildman–Crippen LogP) is 1.61. The molecule has 0 spiro atoms. The minimum atomic E-state index is -3.67. The summed E-state index contributed by atoms with van der Waals surface area (Å²) in [7, 11) is -2.41. The van der Waals surface area contributed by atoms with Crippen molar-refractivity contribution in [2.24, 2.45) is 0 Å². The Bertz CT molecular complexity index is 866. The van der Waals surface area contributed by atoms with Gasteiger partial charge in [0.15, 0.2) is 11.7 Å². The number of carbonyl (C=O) groups is 2. The smallest absolute Gasteiger partial charge is 0.338 e. The van der Waals surface area contributed by atoms with Crippen molar-refractivity contribution in [3.05, 3.63) is 39.8 Å². The normalized spacial score (nSPS) is 11.1. The molecule has 1 heterocycles. The maximum atomic E-state index is 11.9. The molecule has 2 N–H and O–H groups in total. The highest BCUT2D eigenvalue weighted by Gasteiger charge is 2.16. The number of halogens is 1. The lowest BCUT2D eigenvalue weighted by atomic mass is 10.2. The summed E-state index contributed by atoms with van der Waals surface area (Å²) < 4.78 is 31.2. The fourth-order valence-corrected chi connectivity index (χ4v) is 3.49. The van der Waals surface area contributed by atoms with Gasteiger partial charge in [0.05, 0.1) is 20.4 Å². The number of nitrogens with zero attached hydrogens (tertiary/aromatic N) is 1. The van der Waals surface area contributed by atoms with Gasteiger partial charge in [0.1, 0.15) is 0 Å². The van der Waals surface area contributed by atoms with Crippen molar-refractivity contribution in [2.75, 3.05) is 19.0 Å². The highest BCUT2D eigenvalue weighted by Crippen LogP contribution is 2.22. The van der Waals surface area contributed by atoms with E-state index in [-0.39, 0.29) is 10.5 Å². The summed E-state index contributed by atoms with van der Waals surface area (Å²) in [5.41, 5.74) is 0.0242. The van der Waals surface area contributed by atoms with Gasteiger partial charge in [-0.15, -0.1) is 0 Å². The summed E-state index contributed by atoms with van der Waals surface area (Å²) in [4.78, 5) is 27.5. The Morgan fingerprint density at radius 1 is 1.38 bits per heavy atom. The number of thiazole rings is 1. The quantitative estimate of drug-likeness (QED) is 0.668. The van der Waals surface area contributed by atoms with Gasteiger partial charge in [-0.25, -0.2) is 22.9 Å². The van der Waals surface area contributed by atoms with Gasteiger partial charge in [-0.3, -0.25) is 10.1 Å². The molecule has 8 nitrogen and oxygen atoms in total. The Labute approximate surface area is 150 Å². The molecule has 0 aliphatic rings. The zero-order valence-corrected chi connectivity index (χ0v) is 15.5. The van der Waals surface area contributed by atoms with E-state index in [1.54, 1.807) is 0 Å². The van der Waals surface area contributed by atoms with Gasteiger partial charge >= 0.3 is 5.97 Å². The molecule has 128 valence electrons. The molecule has 0 fully saturated rings. The van der Waals surface area contributed by atoms with Gasteiger partial charge in [-0.05, 0) is 41.2 Å². The number of sulfonamides is 1. The van der Waals surface area contributed by atoms with Gasteiger partial charge in [-0.1, -0.05) is 17.4 Å². The van der Waals surface area contributed by atoms with Crippen LogP contribution in [0.3, 0.4) is 0 Å². The largest absolute Gasteiger partial charge is 0.452 e. The van der Waals surface area contributed by atoms with Crippen molar-refractivity contribution < 1.29 is 22.7 Å². The Hall–Kier alpha value is -1.82. The Morgan fingerprint density at radius 3 is 2.75 bits per heavy atom. The van der Waals surface area contributed by atoms with Crippen LogP contribution in [0.4, 0.5) is 5.13 Å². The van der Waals surface area contributed by atoms with Crippen molar-refractivity contribution in [1.29, 1.82) is 0 Å². The van der Waals surface area contributed by atoms with Crippen LogP contribution in [-0.2, 0) is 19.6 Å². The average Bonchev–Trinajstić information content (AvgIpc) is 2.97. The third-order valence-electron chi connectivity index (χ3n) is 2.71. The van der Waals surface area contributed by atoms with Crippen LogP contribution in [0.15, 0.2) is 39.1 Å². The van der Waals surface area contributed by atoms with E-state index in [1.807, 2.05) is 0 Å². The third-order valence-corrected chi connectivity index (χ3v) is 5.51. The van der Waals surface area contributed by atoms with Gasteiger partial charge in [0, 0.05) is 0 Å². The molecule has 0 saturated heterocycles. The van der Waals surface area contributed by atoms with Crippen LogP contribution in [0.2, 0.25) is 0 Å². The highest BCUT2D eigenvalue weighted by atomic mass is 79.9. The fourth-order valence-electron chi connectivity index (χ4n) is 1.59. The number of esters is 1. The molecule has 1 aromatic carbocycles. The number of carbonyl (C=O) groups excluding carboxylic acids is 2. The molecule has 1 amide bonds. The van der Waals surface area contributed by atoms with E-state index in [9.17, 15) is 18.0 Å².